The van der Waals surface area contributed by atoms with E-state index in [4.69, 9.17) is 5.11 Å². The molecular formula is C11H22N2O3S. The molecule has 3 N–H and O–H groups in total. The maximum absolute atomic E-state index is 12.0. The summed E-state index contributed by atoms with van der Waals surface area (Å²) < 4.78 is 14.7. The standard InChI is InChI=1S/C11H22N2O3S/c1-5-8(13-17(16)10(2,3)4)11(6-7-11)12-9(14)15/h8,12-13H,5-7H2,1-4H3,(H,14,15)/t8-,17-/m0/s1. The molecule has 0 bridgehead atoms. The van der Waals surface area contributed by atoms with Gasteiger partial charge in [0.05, 0.1) is 11.6 Å². The van der Waals surface area contributed by atoms with Crippen LogP contribution < -0.4 is 10.0 Å². The van der Waals surface area contributed by atoms with E-state index in [1.807, 2.05) is 27.7 Å². The Morgan fingerprint density at radius 2 is 2.06 bits per heavy atom. The van der Waals surface area contributed by atoms with Gasteiger partial charge in [-0.1, -0.05) is 6.92 Å². The van der Waals surface area contributed by atoms with Crippen molar-refractivity contribution >= 4 is 17.5 Å². The van der Waals surface area contributed by atoms with E-state index in [0.717, 1.165) is 19.3 Å². The third kappa shape index (κ3) is 3.76. The van der Waals surface area contributed by atoms with Crippen molar-refractivity contribution in [2.75, 3.05) is 0 Å². The van der Waals surface area contributed by atoms with Crippen molar-refractivity contribution in [1.29, 1.82) is 0 Å². The van der Waals surface area contributed by atoms with Crippen molar-refractivity contribution in [3.63, 3.8) is 0 Å². The number of carbonyl (C=O) groups is 1. The zero-order chi connectivity index (χ0) is 13.3. The lowest BCUT2D eigenvalue weighted by Crippen LogP contribution is -2.55. The fourth-order valence-corrected chi connectivity index (χ4v) is 2.81. The Labute approximate surface area is 106 Å². The first-order chi connectivity index (χ1) is 7.71. The average Bonchev–Trinajstić information content (AvgIpc) is 2.91. The van der Waals surface area contributed by atoms with E-state index in [9.17, 15) is 9.35 Å². The van der Waals surface area contributed by atoms with Crippen molar-refractivity contribution in [3.8, 4) is 0 Å². The number of rotatable bonds is 5. The Hall–Kier alpha value is -0.460. The molecule has 1 aliphatic rings. The number of nitrogens with one attached hydrogen (secondary N) is 2. The molecule has 0 aromatic carbocycles. The van der Waals surface area contributed by atoms with Gasteiger partial charge in [0.25, 0.3) is 0 Å². The summed E-state index contributed by atoms with van der Waals surface area (Å²) in [5.41, 5.74) is -0.415. The molecule has 5 nitrogen and oxygen atoms in total. The summed E-state index contributed by atoms with van der Waals surface area (Å²) in [6.45, 7) is 7.66. The summed E-state index contributed by atoms with van der Waals surface area (Å²) in [5, 5.41) is 11.4. The minimum Gasteiger partial charge on any atom is -0.598 e. The van der Waals surface area contributed by atoms with Crippen LogP contribution in [0.15, 0.2) is 0 Å². The Morgan fingerprint density at radius 1 is 1.53 bits per heavy atom. The molecule has 0 aliphatic heterocycles. The van der Waals surface area contributed by atoms with Gasteiger partial charge in [0.15, 0.2) is 0 Å². The van der Waals surface area contributed by atoms with Crippen molar-refractivity contribution in [1.82, 2.24) is 10.0 Å². The molecule has 0 radical (unpaired) electrons. The summed E-state index contributed by atoms with van der Waals surface area (Å²) in [6, 6.07) is -0.0707. The van der Waals surface area contributed by atoms with Gasteiger partial charge in [-0.25, -0.2) is 4.79 Å². The number of hydrogen-bond donors (Lipinski definition) is 3. The van der Waals surface area contributed by atoms with Crippen molar-refractivity contribution < 1.29 is 14.5 Å². The van der Waals surface area contributed by atoms with Crippen LogP contribution in [0.5, 0.6) is 0 Å². The molecule has 0 unspecified atom stereocenters. The maximum atomic E-state index is 12.0. The van der Waals surface area contributed by atoms with Crippen LogP contribution >= 0.6 is 0 Å². The molecule has 1 rings (SSSR count). The molecule has 1 saturated carbocycles. The van der Waals surface area contributed by atoms with E-state index in [-0.39, 0.29) is 10.8 Å². The minimum absolute atomic E-state index is 0.0707. The molecule has 0 aromatic rings. The van der Waals surface area contributed by atoms with Crippen molar-refractivity contribution in [2.45, 2.75) is 63.3 Å². The van der Waals surface area contributed by atoms with Crippen LogP contribution in [0.25, 0.3) is 0 Å². The lowest BCUT2D eigenvalue weighted by molar-refractivity contribution is 0.184. The lowest BCUT2D eigenvalue weighted by atomic mass is 10.1. The molecule has 1 aliphatic carbocycles. The van der Waals surface area contributed by atoms with Crippen LogP contribution in [0.4, 0.5) is 4.79 Å². The molecule has 0 heterocycles. The van der Waals surface area contributed by atoms with Crippen LogP contribution in [0.1, 0.15) is 47.0 Å². The van der Waals surface area contributed by atoms with Crippen LogP contribution in [0.2, 0.25) is 0 Å². The summed E-state index contributed by atoms with van der Waals surface area (Å²) in [4.78, 5) is 10.7. The monoisotopic (exact) mass is 262 g/mol. The number of carboxylic acid groups (broad SMARTS) is 1. The molecule has 0 spiro atoms. The molecule has 2 atom stereocenters. The summed E-state index contributed by atoms with van der Waals surface area (Å²) in [7, 11) is 0. The quantitative estimate of drug-likeness (QED) is 0.657. The van der Waals surface area contributed by atoms with Gasteiger partial charge in [0.1, 0.15) is 4.75 Å². The van der Waals surface area contributed by atoms with Gasteiger partial charge in [-0.05, 0) is 40.0 Å². The average molecular weight is 262 g/mol. The Bertz CT molecular complexity index is 287. The maximum Gasteiger partial charge on any atom is 0.405 e. The van der Waals surface area contributed by atoms with E-state index < -0.39 is 23.0 Å². The molecule has 0 saturated heterocycles. The molecule has 0 aromatic heterocycles. The topological polar surface area (TPSA) is 84.4 Å². The summed E-state index contributed by atoms with van der Waals surface area (Å²) >= 11 is -1.17. The second-order valence-electron chi connectivity index (χ2n) is 5.55. The van der Waals surface area contributed by atoms with Gasteiger partial charge < -0.3 is 15.0 Å². The SMILES string of the molecule is CC[C@H](N[S@@+]([O-])C(C)(C)C)C1(NC(=O)O)CC1. The van der Waals surface area contributed by atoms with Gasteiger partial charge in [0, 0.05) is 11.4 Å². The minimum atomic E-state index is -1.17. The molecule has 6 heteroatoms. The third-order valence-electron chi connectivity index (χ3n) is 3.03. The highest BCUT2D eigenvalue weighted by Crippen LogP contribution is 2.40. The molecule has 100 valence electrons. The zero-order valence-corrected chi connectivity index (χ0v) is 11.7. The highest BCUT2D eigenvalue weighted by molar-refractivity contribution is 7.90. The summed E-state index contributed by atoms with van der Waals surface area (Å²) in [6.07, 6.45) is 1.37. The van der Waals surface area contributed by atoms with Crippen molar-refractivity contribution in [3.05, 3.63) is 0 Å². The number of hydrogen-bond acceptors (Lipinski definition) is 3. The largest absolute Gasteiger partial charge is 0.598 e. The molecular weight excluding hydrogens is 240 g/mol. The normalized spacial score (nSPS) is 21.7. The Balaban J connectivity index is 2.63. The van der Waals surface area contributed by atoms with Gasteiger partial charge in [-0.3, -0.25) is 0 Å². The molecule has 1 amide bonds. The second-order valence-corrected chi connectivity index (χ2v) is 7.54. The van der Waals surface area contributed by atoms with Gasteiger partial charge in [-0.2, -0.15) is 0 Å². The molecule has 17 heavy (non-hydrogen) atoms. The predicted octanol–water partition coefficient (Wildman–Crippen LogP) is 1.62. The first-order valence-electron chi connectivity index (χ1n) is 5.90. The number of amides is 1. The fraction of sp³-hybridized carbons (Fsp3) is 0.909. The Kier molecular flexibility index (Phi) is 4.33. The van der Waals surface area contributed by atoms with Crippen LogP contribution in [0.3, 0.4) is 0 Å². The van der Waals surface area contributed by atoms with E-state index in [1.165, 1.54) is 0 Å². The zero-order valence-electron chi connectivity index (χ0n) is 10.9. The second kappa shape index (κ2) is 5.04. The van der Waals surface area contributed by atoms with Crippen LogP contribution in [0, 0.1) is 0 Å². The van der Waals surface area contributed by atoms with E-state index in [2.05, 4.69) is 10.0 Å². The van der Waals surface area contributed by atoms with E-state index in [0.29, 0.717) is 0 Å². The third-order valence-corrected chi connectivity index (χ3v) is 4.64. The lowest BCUT2D eigenvalue weighted by Gasteiger charge is -2.31. The van der Waals surface area contributed by atoms with Crippen LogP contribution in [-0.4, -0.2) is 32.1 Å². The predicted molar refractivity (Wildman–Crippen MR) is 68.2 cm³/mol. The van der Waals surface area contributed by atoms with Gasteiger partial charge in [0.2, 0.25) is 0 Å². The smallest absolute Gasteiger partial charge is 0.405 e. The van der Waals surface area contributed by atoms with E-state index in [1.54, 1.807) is 0 Å². The van der Waals surface area contributed by atoms with Gasteiger partial charge >= 0.3 is 6.09 Å². The van der Waals surface area contributed by atoms with Crippen LogP contribution in [-0.2, 0) is 11.4 Å². The summed E-state index contributed by atoms with van der Waals surface area (Å²) in [5.74, 6) is 0. The van der Waals surface area contributed by atoms with Gasteiger partial charge in [-0.15, -0.1) is 4.72 Å². The highest BCUT2D eigenvalue weighted by Gasteiger charge is 2.52. The molecule has 1 fully saturated rings. The first-order valence-corrected chi connectivity index (χ1v) is 7.05. The first kappa shape index (κ1) is 14.6. The Morgan fingerprint density at radius 3 is 2.35 bits per heavy atom. The van der Waals surface area contributed by atoms with Crippen molar-refractivity contribution in [2.24, 2.45) is 0 Å². The highest BCUT2D eigenvalue weighted by atomic mass is 32.2. The fourth-order valence-electron chi connectivity index (χ4n) is 1.80. The van der Waals surface area contributed by atoms with E-state index >= 15 is 0 Å².